The van der Waals surface area contributed by atoms with Crippen LogP contribution in [0.25, 0.3) is 11.5 Å². The Labute approximate surface area is 164 Å². The van der Waals surface area contributed by atoms with Crippen LogP contribution in [0.1, 0.15) is 36.6 Å². The quantitative estimate of drug-likeness (QED) is 0.652. The molecule has 2 heterocycles. The number of amides is 1. The molecule has 0 N–H and O–H groups in total. The van der Waals surface area contributed by atoms with Gasteiger partial charge in [-0.05, 0) is 35.7 Å². The lowest BCUT2D eigenvalue weighted by Gasteiger charge is -2.21. The molecule has 0 radical (unpaired) electrons. The summed E-state index contributed by atoms with van der Waals surface area (Å²) < 4.78 is 10.6. The SMILES string of the molecule is COc1ccc(-c2nc(C3CC(=O)N(CC(C)c4ccccc4)C3)no2)cc1. The molecule has 1 fully saturated rings. The van der Waals surface area contributed by atoms with E-state index in [9.17, 15) is 4.79 Å². The van der Waals surface area contributed by atoms with E-state index in [2.05, 4.69) is 29.2 Å². The van der Waals surface area contributed by atoms with Gasteiger partial charge in [0.15, 0.2) is 5.82 Å². The summed E-state index contributed by atoms with van der Waals surface area (Å²) in [5, 5.41) is 4.13. The highest BCUT2D eigenvalue weighted by molar-refractivity contribution is 5.79. The average Bonchev–Trinajstić information content (AvgIpc) is 3.36. The van der Waals surface area contributed by atoms with Crippen molar-refractivity contribution in [2.45, 2.75) is 25.2 Å². The van der Waals surface area contributed by atoms with Gasteiger partial charge >= 0.3 is 0 Å². The molecule has 1 aliphatic rings. The number of carbonyl (C=O) groups is 1. The lowest BCUT2D eigenvalue weighted by Crippen LogP contribution is -2.29. The number of nitrogens with zero attached hydrogens (tertiary/aromatic N) is 3. The summed E-state index contributed by atoms with van der Waals surface area (Å²) in [6, 6.07) is 17.7. The van der Waals surface area contributed by atoms with E-state index in [-0.39, 0.29) is 17.7 Å². The highest BCUT2D eigenvalue weighted by Crippen LogP contribution is 2.30. The second-order valence-corrected chi connectivity index (χ2v) is 7.20. The van der Waals surface area contributed by atoms with Crippen molar-refractivity contribution < 1.29 is 14.1 Å². The van der Waals surface area contributed by atoms with Gasteiger partial charge in [0.2, 0.25) is 5.91 Å². The Hall–Kier alpha value is -3.15. The Morgan fingerprint density at radius 2 is 1.93 bits per heavy atom. The normalized spacial score (nSPS) is 17.7. The zero-order valence-corrected chi connectivity index (χ0v) is 16.0. The maximum Gasteiger partial charge on any atom is 0.257 e. The summed E-state index contributed by atoms with van der Waals surface area (Å²) in [6.45, 7) is 3.46. The molecule has 4 rings (SSSR count). The van der Waals surface area contributed by atoms with Crippen molar-refractivity contribution in [2.75, 3.05) is 20.2 Å². The third kappa shape index (κ3) is 3.76. The molecule has 2 unspecified atom stereocenters. The van der Waals surface area contributed by atoms with Gasteiger partial charge in [0.1, 0.15) is 5.75 Å². The minimum atomic E-state index is -0.0359. The van der Waals surface area contributed by atoms with Gasteiger partial charge in [-0.25, -0.2) is 0 Å². The third-order valence-electron chi connectivity index (χ3n) is 5.22. The van der Waals surface area contributed by atoms with Crippen LogP contribution in [0.5, 0.6) is 5.75 Å². The summed E-state index contributed by atoms with van der Waals surface area (Å²) in [7, 11) is 1.63. The lowest BCUT2D eigenvalue weighted by atomic mass is 10.0. The van der Waals surface area contributed by atoms with E-state index >= 15 is 0 Å². The molecule has 0 aliphatic carbocycles. The maximum atomic E-state index is 12.5. The van der Waals surface area contributed by atoms with E-state index in [1.807, 2.05) is 47.4 Å². The van der Waals surface area contributed by atoms with Gasteiger partial charge in [-0.15, -0.1) is 0 Å². The largest absolute Gasteiger partial charge is 0.497 e. The van der Waals surface area contributed by atoms with E-state index in [0.717, 1.165) is 11.3 Å². The van der Waals surface area contributed by atoms with E-state index in [1.54, 1.807) is 7.11 Å². The molecule has 1 amide bonds. The van der Waals surface area contributed by atoms with Crippen molar-refractivity contribution in [3.8, 4) is 17.2 Å². The van der Waals surface area contributed by atoms with Gasteiger partial charge in [0, 0.05) is 31.0 Å². The minimum Gasteiger partial charge on any atom is -0.497 e. The molecule has 2 aromatic carbocycles. The molecule has 0 bridgehead atoms. The fourth-order valence-corrected chi connectivity index (χ4v) is 3.59. The second kappa shape index (κ2) is 7.84. The maximum absolute atomic E-state index is 12.5. The number of ether oxygens (including phenoxy) is 1. The van der Waals surface area contributed by atoms with Crippen molar-refractivity contribution in [3.63, 3.8) is 0 Å². The monoisotopic (exact) mass is 377 g/mol. The van der Waals surface area contributed by atoms with Crippen LogP contribution in [0, 0.1) is 0 Å². The van der Waals surface area contributed by atoms with Crippen molar-refractivity contribution in [1.82, 2.24) is 15.0 Å². The zero-order chi connectivity index (χ0) is 19.5. The molecular formula is C22H23N3O3. The zero-order valence-electron chi connectivity index (χ0n) is 16.0. The van der Waals surface area contributed by atoms with Gasteiger partial charge < -0.3 is 14.2 Å². The summed E-state index contributed by atoms with van der Waals surface area (Å²) in [6.07, 6.45) is 0.420. The fourth-order valence-electron chi connectivity index (χ4n) is 3.59. The number of hydrogen-bond donors (Lipinski definition) is 0. The summed E-state index contributed by atoms with van der Waals surface area (Å²) >= 11 is 0. The molecule has 1 saturated heterocycles. The molecule has 2 atom stereocenters. The van der Waals surface area contributed by atoms with Crippen LogP contribution in [0.3, 0.4) is 0 Å². The first kappa shape index (κ1) is 18.2. The fraction of sp³-hybridized carbons (Fsp3) is 0.318. The van der Waals surface area contributed by atoms with E-state index in [1.165, 1.54) is 5.56 Å². The van der Waals surface area contributed by atoms with Crippen molar-refractivity contribution in [3.05, 3.63) is 66.0 Å². The van der Waals surface area contributed by atoms with E-state index in [4.69, 9.17) is 9.26 Å². The first-order valence-electron chi connectivity index (χ1n) is 9.45. The molecule has 1 aromatic heterocycles. The Kier molecular flexibility index (Phi) is 5.10. The van der Waals surface area contributed by atoms with Crippen LogP contribution < -0.4 is 4.74 Å². The number of benzene rings is 2. The molecule has 144 valence electrons. The number of aromatic nitrogens is 2. The summed E-state index contributed by atoms with van der Waals surface area (Å²) in [5.41, 5.74) is 2.07. The molecule has 0 saturated carbocycles. The predicted molar refractivity (Wildman–Crippen MR) is 105 cm³/mol. The number of hydrogen-bond acceptors (Lipinski definition) is 5. The molecule has 0 spiro atoms. The number of methoxy groups -OCH3 is 1. The number of likely N-dealkylation sites (tertiary alicyclic amines) is 1. The van der Waals surface area contributed by atoms with Crippen molar-refractivity contribution >= 4 is 5.91 Å². The van der Waals surface area contributed by atoms with Crippen LogP contribution in [0.4, 0.5) is 0 Å². The van der Waals surface area contributed by atoms with Crippen LogP contribution in [0.2, 0.25) is 0 Å². The predicted octanol–water partition coefficient (Wildman–Crippen LogP) is 3.86. The Morgan fingerprint density at radius 3 is 2.64 bits per heavy atom. The standard InChI is InChI=1S/C22H23N3O3/c1-15(16-6-4-3-5-7-16)13-25-14-18(12-20(25)26)21-23-22(28-24-21)17-8-10-19(27-2)11-9-17/h3-11,15,18H,12-14H2,1-2H3. The molecule has 28 heavy (non-hydrogen) atoms. The minimum absolute atomic E-state index is 0.0359. The van der Waals surface area contributed by atoms with Crippen LogP contribution in [0.15, 0.2) is 59.1 Å². The van der Waals surface area contributed by atoms with Gasteiger partial charge in [0.05, 0.1) is 7.11 Å². The summed E-state index contributed by atoms with van der Waals surface area (Å²) in [4.78, 5) is 18.9. The average molecular weight is 377 g/mol. The van der Waals surface area contributed by atoms with Gasteiger partial charge in [-0.1, -0.05) is 42.4 Å². The molecule has 3 aromatic rings. The first-order chi connectivity index (χ1) is 13.6. The topological polar surface area (TPSA) is 68.5 Å². The third-order valence-corrected chi connectivity index (χ3v) is 5.22. The first-order valence-corrected chi connectivity index (χ1v) is 9.45. The molecule has 6 heteroatoms. The Morgan fingerprint density at radius 1 is 1.18 bits per heavy atom. The molecular weight excluding hydrogens is 354 g/mol. The highest BCUT2D eigenvalue weighted by atomic mass is 16.5. The Bertz CT molecular complexity index is 937. The van der Waals surface area contributed by atoms with Crippen LogP contribution in [-0.2, 0) is 4.79 Å². The summed E-state index contributed by atoms with van der Waals surface area (Å²) in [5.74, 6) is 2.21. The lowest BCUT2D eigenvalue weighted by molar-refractivity contribution is -0.127. The van der Waals surface area contributed by atoms with Gasteiger partial charge in [-0.2, -0.15) is 4.98 Å². The van der Waals surface area contributed by atoms with E-state index in [0.29, 0.717) is 31.2 Å². The van der Waals surface area contributed by atoms with Crippen LogP contribution >= 0.6 is 0 Å². The number of carbonyl (C=O) groups excluding carboxylic acids is 1. The molecule has 6 nitrogen and oxygen atoms in total. The number of rotatable bonds is 6. The smallest absolute Gasteiger partial charge is 0.257 e. The molecule has 1 aliphatic heterocycles. The second-order valence-electron chi connectivity index (χ2n) is 7.20. The van der Waals surface area contributed by atoms with Gasteiger partial charge in [-0.3, -0.25) is 4.79 Å². The van der Waals surface area contributed by atoms with Crippen LogP contribution in [-0.4, -0.2) is 41.1 Å². The van der Waals surface area contributed by atoms with Crippen molar-refractivity contribution in [1.29, 1.82) is 0 Å². The van der Waals surface area contributed by atoms with Crippen molar-refractivity contribution in [2.24, 2.45) is 0 Å². The van der Waals surface area contributed by atoms with E-state index < -0.39 is 0 Å². The van der Waals surface area contributed by atoms with Gasteiger partial charge in [0.25, 0.3) is 5.89 Å². The Balaban J connectivity index is 1.43. The highest BCUT2D eigenvalue weighted by Gasteiger charge is 2.34.